The minimum atomic E-state index is -4.58. The molecule has 1 aromatic heterocycles. The third-order valence-electron chi connectivity index (χ3n) is 4.42. The monoisotopic (exact) mass is 415 g/mol. The maximum absolute atomic E-state index is 13.0. The van der Waals surface area contributed by atoms with E-state index in [1.54, 1.807) is 29.2 Å². The average molecular weight is 416 g/mol. The van der Waals surface area contributed by atoms with Crippen LogP contribution < -0.4 is 0 Å². The van der Waals surface area contributed by atoms with E-state index in [1.165, 1.54) is 0 Å². The molecule has 142 valence electrons. The molecule has 1 aliphatic rings. The van der Waals surface area contributed by atoms with Crippen molar-refractivity contribution in [3.8, 4) is 6.07 Å². The van der Waals surface area contributed by atoms with Crippen LogP contribution in [0.4, 0.5) is 13.2 Å². The van der Waals surface area contributed by atoms with Gasteiger partial charge in [-0.2, -0.15) is 18.4 Å². The molecule has 0 radical (unpaired) electrons. The lowest BCUT2D eigenvalue weighted by Gasteiger charge is -2.41. The molecule has 1 saturated heterocycles. The van der Waals surface area contributed by atoms with Gasteiger partial charge in [-0.05, 0) is 23.8 Å². The Bertz CT molecular complexity index is 862. The first-order chi connectivity index (χ1) is 12.8. The zero-order valence-electron chi connectivity index (χ0n) is 13.9. The molecule has 9 heteroatoms. The highest BCUT2D eigenvalue weighted by Crippen LogP contribution is 2.40. The van der Waals surface area contributed by atoms with Crippen molar-refractivity contribution in [3.05, 3.63) is 63.4 Å². The van der Waals surface area contributed by atoms with Crippen LogP contribution >= 0.6 is 23.2 Å². The molecule has 0 bridgehead atoms. The fourth-order valence-corrected chi connectivity index (χ4v) is 3.54. The van der Waals surface area contributed by atoms with Crippen LogP contribution in [0.2, 0.25) is 10.0 Å². The molecule has 2 heterocycles. The Labute approximate surface area is 164 Å². The number of nitriles is 1. The zero-order chi connectivity index (χ0) is 19.7. The van der Waals surface area contributed by atoms with Gasteiger partial charge in [0.25, 0.3) is 0 Å². The summed E-state index contributed by atoms with van der Waals surface area (Å²) in [6.07, 6.45) is -3.88. The first kappa shape index (κ1) is 19.9. The third-order valence-corrected chi connectivity index (χ3v) is 4.96. The Hall–Kier alpha value is -1.85. The normalized spacial score (nSPS) is 17.9. The number of benzene rings is 1. The lowest BCUT2D eigenvalue weighted by atomic mass is 9.85. The second-order valence-electron chi connectivity index (χ2n) is 5.98. The number of morpholine rings is 1. The maximum Gasteiger partial charge on any atom is 0.417 e. The number of ether oxygens (including phenoxy) is 1. The smallest absolute Gasteiger partial charge is 0.379 e. The maximum atomic E-state index is 13.0. The van der Waals surface area contributed by atoms with E-state index in [-0.39, 0.29) is 10.7 Å². The number of hydrogen-bond acceptors (Lipinski definition) is 4. The molecule has 0 amide bonds. The zero-order valence-corrected chi connectivity index (χ0v) is 15.4. The molecule has 1 aromatic carbocycles. The van der Waals surface area contributed by atoms with E-state index in [4.69, 9.17) is 27.9 Å². The standard InChI is InChI=1S/C18H14Cl2F3N3O/c19-14-3-1-12(2-4-14)17(11-24,26-5-7-27-8-6-26)16-15(20)9-13(10-25-16)18(21,22)23/h1-4,9-10H,5-8H2/t17-/m1/s1. The second kappa shape index (κ2) is 7.64. The second-order valence-corrected chi connectivity index (χ2v) is 6.82. The van der Waals surface area contributed by atoms with Crippen LogP contribution in [0, 0.1) is 11.3 Å². The van der Waals surface area contributed by atoms with Crippen LogP contribution in [0.15, 0.2) is 36.5 Å². The van der Waals surface area contributed by atoms with Crippen molar-refractivity contribution in [1.82, 2.24) is 9.88 Å². The first-order valence-corrected chi connectivity index (χ1v) is 8.78. The summed E-state index contributed by atoms with van der Waals surface area (Å²) >= 11 is 12.2. The van der Waals surface area contributed by atoms with Crippen LogP contribution in [0.5, 0.6) is 0 Å². The molecular weight excluding hydrogens is 402 g/mol. The van der Waals surface area contributed by atoms with Gasteiger partial charge in [0.1, 0.15) is 0 Å². The van der Waals surface area contributed by atoms with Gasteiger partial charge in [-0.1, -0.05) is 35.3 Å². The molecule has 2 aromatic rings. The van der Waals surface area contributed by atoms with E-state index >= 15 is 0 Å². The number of alkyl halides is 3. The molecule has 0 aliphatic carbocycles. The number of aromatic nitrogens is 1. The quantitative estimate of drug-likeness (QED) is 0.739. The Morgan fingerprint density at radius 1 is 1.07 bits per heavy atom. The molecule has 0 saturated carbocycles. The molecule has 0 unspecified atom stereocenters. The Kier molecular flexibility index (Phi) is 5.63. The van der Waals surface area contributed by atoms with Crippen LogP contribution in [0.3, 0.4) is 0 Å². The predicted octanol–water partition coefficient (Wildman–Crippen LogP) is 4.51. The molecule has 1 fully saturated rings. The van der Waals surface area contributed by atoms with E-state index in [0.717, 1.165) is 6.07 Å². The Morgan fingerprint density at radius 3 is 2.22 bits per heavy atom. The number of pyridine rings is 1. The topological polar surface area (TPSA) is 49.2 Å². The van der Waals surface area contributed by atoms with E-state index < -0.39 is 17.3 Å². The van der Waals surface area contributed by atoms with Gasteiger partial charge in [0.15, 0.2) is 5.54 Å². The highest BCUT2D eigenvalue weighted by Gasteiger charge is 2.45. The summed E-state index contributed by atoms with van der Waals surface area (Å²) in [6, 6.07) is 9.56. The number of halogens is 5. The lowest BCUT2D eigenvalue weighted by Crippen LogP contribution is -2.52. The summed E-state index contributed by atoms with van der Waals surface area (Å²) < 4.78 is 44.3. The molecule has 3 rings (SSSR count). The molecule has 0 spiro atoms. The summed E-state index contributed by atoms with van der Waals surface area (Å²) in [7, 11) is 0. The van der Waals surface area contributed by atoms with Crippen molar-refractivity contribution in [2.75, 3.05) is 26.3 Å². The fourth-order valence-electron chi connectivity index (χ4n) is 3.11. The number of rotatable bonds is 3. The van der Waals surface area contributed by atoms with Gasteiger partial charge in [-0.3, -0.25) is 9.88 Å². The van der Waals surface area contributed by atoms with Gasteiger partial charge in [-0.15, -0.1) is 0 Å². The number of hydrogen-bond donors (Lipinski definition) is 0. The highest BCUT2D eigenvalue weighted by molar-refractivity contribution is 6.31. The Balaban J connectivity index is 2.21. The van der Waals surface area contributed by atoms with E-state index in [2.05, 4.69) is 11.1 Å². The molecular formula is C18H14Cl2F3N3O. The SMILES string of the molecule is N#C[C@@](c1ccc(Cl)cc1)(c1ncc(C(F)(F)F)cc1Cl)N1CCOCC1. The minimum Gasteiger partial charge on any atom is -0.379 e. The van der Waals surface area contributed by atoms with Gasteiger partial charge >= 0.3 is 6.18 Å². The van der Waals surface area contributed by atoms with Crippen molar-refractivity contribution < 1.29 is 17.9 Å². The van der Waals surface area contributed by atoms with Crippen LogP contribution in [0.1, 0.15) is 16.8 Å². The Morgan fingerprint density at radius 2 is 1.70 bits per heavy atom. The van der Waals surface area contributed by atoms with Crippen LogP contribution in [-0.4, -0.2) is 36.2 Å². The highest BCUT2D eigenvalue weighted by atomic mass is 35.5. The summed E-state index contributed by atoms with van der Waals surface area (Å²) in [5.74, 6) is 0. The largest absolute Gasteiger partial charge is 0.417 e. The first-order valence-electron chi connectivity index (χ1n) is 8.02. The third kappa shape index (κ3) is 3.76. The number of nitrogens with zero attached hydrogens (tertiary/aromatic N) is 3. The van der Waals surface area contributed by atoms with E-state index in [0.29, 0.717) is 43.1 Å². The summed E-state index contributed by atoms with van der Waals surface area (Å²) in [6.45, 7) is 1.56. The van der Waals surface area contributed by atoms with Crippen molar-refractivity contribution in [2.24, 2.45) is 0 Å². The van der Waals surface area contributed by atoms with Crippen molar-refractivity contribution in [2.45, 2.75) is 11.7 Å². The van der Waals surface area contributed by atoms with Crippen molar-refractivity contribution in [3.63, 3.8) is 0 Å². The summed E-state index contributed by atoms with van der Waals surface area (Å²) in [5.41, 5.74) is -1.87. The van der Waals surface area contributed by atoms with Crippen molar-refractivity contribution >= 4 is 23.2 Å². The average Bonchev–Trinajstić information content (AvgIpc) is 2.65. The summed E-state index contributed by atoms with van der Waals surface area (Å²) in [4.78, 5) is 5.78. The van der Waals surface area contributed by atoms with Gasteiger partial charge in [0.05, 0.1) is 35.6 Å². The molecule has 1 atom stereocenters. The van der Waals surface area contributed by atoms with Crippen LogP contribution in [0.25, 0.3) is 0 Å². The van der Waals surface area contributed by atoms with Gasteiger partial charge < -0.3 is 4.74 Å². The van der Waals surface area contributed by atoms with E-state index in [1.807, 2.05) is 0 Å². The molecule has 1 aliphatic heterocycles. The predicted molar refractivity (Wildman–Crippen MR) is 94.5 cm³/mol. The van der Waals surface area contributed by atoms with Gasteiger partial charge in [0, 0.05) is 24.3 Å². The molecule has 4 nitrogen and oxygen atoms in total. The lowest BCUT2D eigenvalue weighted by molar-refractivity contribution is -0.137. The van der Waals surface area contributed by atoms with Gasteiger partial charge in [-0.25, -0.2) is 0 Å². The van der Waals surface area contributed by atoms with Crippen LogP contribution in [-0.2, 0) is 16.5 Å². The van der Waals surface area contributed by atoms with Gasteiger partial charge in [0.2, 0.25) is 0 Å². The summed E-state index contributed by atoms with van der Waals surface area (Å²) in [5, 5.41) is 10.4. The minimum absolute atomic E-state index is 0.0453. The van der Waals surface area contributed by atoms with Crippen molar-refractivity contribution in [1.29, 1.82) is 5.26 Å². The molecule has 0 N–H and O–H groups in total. The fraction of sp³-hybridized carbons (Fsp3) is 0.333. The molecule has 27 heavy (non-hydrogen) atoms. The van der Waals surface area contributed by atoms with E-state index in [9.17, 15) is 18.4 Å².